The van der Waals surface area contributed by atoms with Crippen LogP contribution < -0.4 is 0 Å². The highest BCUT2D eigenvalue weighted by Gasteiger charge is 2.35. The second-order valence-electron chi connectivity index (χ2n) is 5.14. The van der Waals surface area contributed by atoms with Gasteiger partial charge in [-0.1, -0.05) is 0 Å². The summed E-state index contributed by atoms with van der Waals surface area (Å²) in [5, 5.41) is 8.85. The molecule has 0 aromatic carbocycles. The van der Waals surface area contributed by atoms with Crippen molar-refractivity contribution in [2.45, 2.75) is 45.4 Å². The van der Waals surface area contributed by atoms with Crippen molar-refractivity contribution in [3.63, 3.8) is 0 Å². The molecule has 1 amide bonds. The van der Waals surface area contributed by atoms with Gasteiger partial charge in [0.25, 0.3) is 0 Å². The minimum absolute atomic E-state index is 0.0193. The Balaban J connectivity index is 2.67. The summed E-state index contributed by atoms with van der Waals surface area (Å²) in [7, 11) is 0. The van der Waals surface area contributed by atoms with Crippen LogP contribution in [-0.2, 0) is 14.3 Å². The van der Waals surface area contributed by atoms with Gasteiger partial charge in [-0.2, -0.15) is 0 Å². The van der Waals surface area contributed by atoms with E-state index < -0.39 is 23.8 Å². The van der Waals surface area contributed by atoms with Crippen LogP contribution in [0.1, 0.15) is 27.7 Å². The van der Waals surface area contributed by atoms with Crippen molar-refractivity contribution in [2.24, 2.45) is 0 Å². The number of carbonyl (C=O) groups excluding carboxylic acids is 1. The molecule has 1 rings (SSSR count). The van der Waals surface area contributed by atoms with Crippen LogP contribution in [-0.4, -0.2) is 53.0 Å². The molecule has 0 aliphatic carbocycles. The van der Waals surface area contributed by atoms with E-state index in [-0.39, 0.29) is 19.2 Å². The van der Waals surface area contributed by atoms with Crippen molar-refractivity contribution in [1.29, 1.82) is 0 Å². The zero-order valence-electron chi connectivity index (χ0n) is 10.6. The third kappa shape index (κ3) is 3.89. The SMILES string of the molecule is C[C@@H]1COC(C(=O)O)CN1C(=O)OC(C)(C)C. The van der Waals surface area contributed by atoms with Gasteiger partial charge in [0, 0.05) is 0 Å². The molecule has 6 nitrogen and oxygen atoms in total. The fourth-order valence-electron chi connectivity index (χ4n) is 1.48. The summed E-state index contributed by atoms with van der Waals surface area (Å²) < 4.78 is 10.3. The molecule has 0 spiro atoms. The highest BCUT2D eigenvalue weighted by Crippen LogP contribution is 2.16. The van der Waals surface area contributed by atoms with Crippen LogP contribution in [0.4, 0.5) is 4.79 Å². The molecule has 1 aliphatic rings. The van der Waals surface area contributed by atoms with Crippen molar-refractivity contribution in [1.82, 2.24) is 4.90 Å². The molecular weight excluding hydrogens is 226 g/mol. The number of carboxylic acid groups (broad SMARTS) is 1. The zero-order valence-corrected chi connectivity index (χ0v) is 10.6. The number of rotatable bonds is 1. The normalized spacial score (nSPS) is 25.5. The monoisotopic (exact) mass is 245 g/mol. The van der Waals surface area contributed by atoms with E-state index in [2.05, 4.69) is 0 Å². The molecule has 0 aromatic heterocycles. The maximum atomic E-state index is 11.8. The van der Waals surface area contributed by atoms with Gasteiger partial charge in [0.15, 0.2) is 6.10 Å². The Bertz CT molecular complexity index is 309. The predicted molar refractivity (Wildman–Crippen MR) is 59.8 cm³/mol. The molecular formula is C11H19NO5. The van der Waals surface area contributed by atoms with Gasteiger partial charge in [-0.25, -0.2) is 9.59 Å². The molecule has 1 fully saturated rings. The van der Waals surface area contributed by atoms with Gasteiger partial charge in [0.05, 0.1) is 19.2 Å². The number of carbonyl (C=O) groups is 2. The summed E-state index contributed by atoms with van der Waals surface area (Å²) in [5.41, 5.74) is -0.589. The largest absolute Gasteiger partial charge is 0.479 e. The lowest BCUT2D eigenvalue weighted by molar-refractivity contribution is -0.158. The number of aliphatic carboxylic acids is 1. The summed E-state index contributed by atoms with van der Waals surface area (Å²) in [4.78, 5) is 24.1. The van der Waals surface area contributed by atoms with E-state index in [1.807, 2.05) is 0 Å². The summed E-state index contributed by atoms with van der Waals surface area (Å²) in [6.07, 6.45) is -1.47. The molecule has 0 saturated carbocycles. The van der Waals surface area contributed by atoms with Crippen molar-refractivity contribution in [3.8, 4) is 0 Å². The minimum Gasteiger partial charge on any atom is -0.479 e. The average Bonchev–Trinajstić information content (AvgIpc) is 2.14. The lowest BCUT2D eigenvalue weighted by Crippen LogP contribution is -2.54. The molecule has 98 valence electrons. The Hall–Kier alpha value is -1.30. The number of hydrogen-bond acceptors (Lipinski definition) is 4. The van der Waals surface area contributed by atoms with Crippen molar-refractivity contribution >= 4 is 12.1 Å². The first kappa shape index (κ1) is 13.8. The Kier molecular flexibility index (Phi) is 3.98. The van der Waals surface area contributed by atoms with E-state index in [1.165, 1.54) is 4.90 Å². The lowest BCUT2D eigenvalue weighted by Gasteiger charge is -2.37. The molecule has 0 radical (unpaired) electrons. The Morgan fingerprint density at radius 2 is 2.00 bits per heavy atom. The van der Waals surface area contributed by atoms with Crippen molar-refractivity contribution in [2.75, 3.05) is 13.2 Å². The first-order valence-corrected chi connectivity index (χ1v) is 5.55. The zero-order chi connectivity index (χ0) is 13.2. The van der Waals surface area contributed by atoms with Gasteiger partial charge in [0.2, 0.25) is 0 Å². The van der Waals surface area contributed by atoms with Crippen molar-refractivity contribution < 1.29 is 24.2 Å². The van der Waals surface area contributed by atoms with Gasteiger partial charge in [-0.05, 0) is 27.7 Å². The topological polar surface area (TPSA) is 76.1 Å². The Morgan fingerprint density at radius 1 is 1.41 bits per heavy atom. The summed E-state index contributed by atoms with van der Waals surface area (Å²) >= 11 is 0. The van der Waals surface area contributed by atoms with Gasteiger partial charge in [0.1, 0.15) is 5.60 Å². The number of nitrogens with zero attached hydrogens (tertiary/aromatic N) is 1. The van der Waals surface area contributed by atoms with Gasteiger partial charge < -0.3 is 14.6 Å². The molecule has 1 aliphatic heterocycles. The second kappa shape index (κ2) is 4.91. The van der Waals surface area contributed by atoms with E-state index in [4.69, 9.17) is 14.6 Å². The maximum Gasteiger partial charge on any atom is 0.410 e. The smallest absolute Gasteiger partial charge is 0.410 e. The van der Waals surface area contributed by atoms with Crippen LogP contribution in [0.2, 0.25) is 0 Å². The number of hydrogen-bond donors (Lipinski definition) is 1. The van der Waals surface area contributed by atoms with E-state index in [1.54, 1.807) is 27.7 Å². The molecule has 1 N–H and O–H groups in total. The van der Waals surface area contributed by atoms with E-state index in [0.717, 1.165) is 0 Å². The Labute approximate surface area is 100 Å². The number of ether oxygens (including phenoxy) is 2. The number of morpholine rings is 1. The first-order chi connectivity index (χ1) is 7.70. The van der Waals surface area contributed by atoms with Crippen LogP contribution in [0.25, 0.3) is 0 Å². The van der Waals surface area contributed by atoms with E-state index in [9.17, 15) is 9.59 Å². The number of carboxylic acids is 1. The quantitative estimate of drug-likeness (QED) is 0.748. The fraction of sp³-hybridized carbons (Fsp3) is 0.818. The molecule has 1 unspecified atom stereocenters. The summed E-state index contributed by atoms with van der Waals surface area (Å²) in [6.45, 7) is 7.32. The van der Waals surface area contributed by atoms with Gasteiger partial charge in [-0.15, -0.1) is 0 Å². The standard InChI is InChI=1S/C11H19NO5/c1-7-6-16-8(9(13)14)5-12(7)10(15)17-11(2,3)4/h7-8H,5-6H2,1-4H3,(H,13,14)/t7-,8?/m1/s1. The van der Waals surface area contributed by atoms with E-state index in [0.29, 0.717) is 0 Å². The number of amides is 1. The van der Waals surface area contributed by atoms with Crippen LogP contribution in [0.15, 0.2) is 0 Å². The molecule has 2 atom stereocenters. The fourth-order valence-corrected chi connectivity index (χ4v) is 1.48. The maximum absolute atomic E-state index is 11.8. The minimum atomic E-state index is -1.06. The summed E-state index contributed by atoms with van der Waals surface area (Å²) in [5.74, 6) is -1.06. The molecule has 0 bridgehead atoms. The molecule has 1 heterocycles. The molecule has 6 heteroatoms. The molecule has 1 saturated heterocycles. The molecule has 0 aromatic rings. The second-order valence-corrected chi connectivity index (χ2v) is 5.14. The third-order valence-electron chi connectivity index (χ3n) is 2.34. The summed E-state index contributed by atoms with van der Waals surface area (Å²) in [6, 6.07) is -0.180. The third-order valence-corrected chi connectivity index (χ3v) is 2.34. The van der Waals surface area contributed by atoms with Crippen LogP contribution in [0.3, 0.4) is 0 Å². The van der Waals surface area contributed by atoms with Gasteiger partial charge >= 0.3 is 12.1 Å². The van der Waals surface area contributed by atoms with Crippen LogP contribution >= 0.6 is 0 Å². The highest BCUT2D eigenvalue weighted by molar-refractivity contribution is 5.75. The van der Waals surface area contributed by atoms with Crippen LogP contribution in [0, 0.1) is 0 Å². The Morgan fingerprint density at radius 3 is 2.47 bits per heavy atom. The first-order valence-electron chi connectivity index (χ1n) is 5.55. The van der Waals surface area contributed by atoms with E-state index >= 15 is 0 Å². The lowest BCUT2D eigenvalue weighted by atomic mass is 10.2. The van der Waals surface area contributed by atoms with Gasteiger partial charge in [-0.3, -0.25) is 4.90 Å². The molecule has 17 heavy (non-hydrogen) atoms. The predicted octanol–water partition coefficient (Wildman–Crippen LogP) is 1.10. The average molecular weight is 245 g/mol. The van der Waals surface area contributed by atoms with Crippen LogP contribution in [0.5, 0.6) is 0 Å². The highest BCUT2D eigenvalue weighted by atomic mass is 16.6. The van der Waals surface area contributed by atoms with Crippen molar-refractivity contribution in [3.05, 3.63) is 0 Å².